The van der Waals surface area contributed by atoms with Crippen LogP contribution in [0.3, 0.4) is 0 Å². The molecule has 1 aromatic heterocycles. The number of amides is 1. The summed E-state index contributed by atoms with van der Waals surface area (Å²) in [5.74, 6) is -0.327. The van der Waals surface area contributed by atoms with E-state index in [1.54, 1.807) is 6.21 Å². The predicted molar refractivity (Wildman–Crippen MR) is 119 cm³/mol. The molecule has 2 N–H and O–H groups in total. The van der Waals surface area contributed by atoms with E-state index in [1.807, 2.05) is 31.3 Å². The van der Waals surface area contributed by atoms with Gasteiger partial charge in [0.15, 0.2) is 0 Å². The number of nitrogens with zero attached hydrogens (tertiary/aromatic N) is 2. The van der Waals surface area contributed by atoms with Gasteiger partial charge < -0.3 is 9.67 Å². The Labute approximate surface area is 177 Å². The standard InChI is InChI=1S/C21H15Br2N3O2/c1-26-18-5-3-2-4-14(18)15-8-12(6-7-19(15)26)11-24-25-21(28)13-9-16(22)20(27)17(23)10-13/h2-11,27H,1H3,(H,25,28)/b24-11-. The summed E-state index contributed by atoms with van der Waals surface area (Å²) < 4.78 is 3.02. The Morgan fingerprint density at radius 2 is 1.71 bits per heavy atom. The third kappa shape index (κ3) is 3.31. The average molecular weight is 501 g/mol. The highest BCUT2D eigenvalue weighted by Gasteiger charge is 2.11. The zero-order valence-corrected chi connectivity index (χ0v) is 18.0. The Morgan fingerprint density at radius 3 is 2.46 bits per heavy atom. The molecule has 1 amide bonds. The van der Waals surface area contributed by atoms with Crippen LogP contribution in [0, 0.1) is 0 Å². The van der Waals surface area contributed by atoms with Crippen molar-refractivity contribution in [2.45, 2.75) is 0 Å². The van der Waals surface area contributed by atoms with Gasteiger partial charge in [-0.2, -0.15) is 5.10 Å². The molecule has 0 atom stereocenters. The van der Waals surface area contributed by atoms with Crippen LogP contribution in [0.1, 0.15) is 15.9 Å². The highest BCUT2D eigenvalue weighted by Crippen LogP contribution is 2.33. The lowest BCUT2D eigenvalue weighted by Gasteiger charge is -2.04. The average Bonchev–Trinajstić information content (AvgIpc) is 2.98. The molecule has 0 aliphatic heterocycles. The van der Waals surface area contributed by atoms with Crippen LogP contribution >= 0.6 is 31.9 Å². The molecule has 28 heavy (non-hydrogen) atoms. The number of phenolic OH excluding ortho intramolecular Hbond substituents is 1. The SMILES string of the molecule is Cn1c2ccccc2c2cc(/C=N\NC(=O)c3cc(Br)c(O)c(Br)c3)ccc21. The smallest absolute Gasteiger partial charge is 0.271 e. The van der Waals surface area contributed by atoms with Crippen molar-refractivity contribution in [2.75, 3.05) is 0 Å². The maximum absolute atomic E-state index is 12.3. The van der Waals surface area contributed by atoms with Crippen LogP contribution in [0.15, 0.2) is 68.6 Å². The largest absolute Gasteiger partial charge is 0.506 e. The van der Waals surface area contributed by atoms with Gasteiger partial charge in [-0.05, 0) is 67.8 Å². The van der Waals surface area contributed by atoms with E-state index in [0.29, 0.717) is 14.5 Å². The van der Waals surface area contributed by atoms with E-state index in [0.717, 1.165) is 16.5 Å². The third-order valence-corrected chi connectivity index (χ3v) is 5.81. The Kier molecular flexibility index (Phi) is 4.95. The van der Waals surface area contributed by atoms with Gasteiger partial charge in [-0.25, -0.2) is 5.43 Å². The number of hydrazone groups is 1. The molecular weight excluding hydrogens is 486 g/mol. The first kappa shape index (κ1) is 18.7. The lowest BCUT2D eigenvalue weighted by atomic mass is 10.1. The van der Waals surface area contributed by atoms with Gasteiger partial charge in [0, 0.05) is 34.4 Å². The summed E-state index contributed by atoms with van der Waals surface area (Å²) in [6.45, 7) is 0. The molecule has 0 aliphatic rings. The lowest BCUT2D eigenvalue weighted by molar-refractivity contribution is 0.0955. The summed E-state index contributed by atoms with van der Waals surface area (Å²) in [5.41, 5.74) is 6.08. The molecule has 0 unspecified atom stereocenters. The molecule has 0 aliphatic carbocycles. The number of nitrogens with one attached hydrogen (secondary N) is 1. The molecule has 7 heteroatoms. The van der Waals surface area contributed by atoms with Gasteiger partial charge in [-0.3, -0.25) is 4.79 Å². The topological polar surface area (TPSA) is 66.6 Å². The number of carbonyl (C=O) groups is 1. The van der Waals surface area contributed by atoms with Crippen molar-refractivity contribution in [1.82, 2.24) is 9.99 Å². The molecule has 0 spiro atoms. The number of hydrogen-bond acceptors (Lipinski definition) is 3. The lowest BCUT2D eigenvalue weighted by Crippen LogP contribution is -2.17. The van der Waals surface area contributed by atoms with Crippen molar-refractivity contribution in [3.05, 3.63) is 74.7 Å². The van der Waals surface area contributed by atoms with Crippen molar-refractivity contribution in [3.8, 4) is 5.75 Å². The summed E-state index contributed by atoms with van der Waals surface area (Å²) in [6.07, 6.45) is 1.61. The number of para-hydroxylation sites is 1. The second-order valence-electron chi connectivity index (χ2n) is 6.34. The molecule has 0 saturated carbocycles. The quantitative estimate of drug-likeness (QED) is 0.295. The summed E-state index contributed by atoms with van der Waals surface area (Å²) >= 11 is 6.43. The highest BCUT2D eigenvalue weighted by atomic mass is 79.9. The number of aromatic nitrogens is 1. The molecule has 0 bridgehead atoms. The first-order valence-corrected chi connectivity index (χ1v) is 10.0. The summed E-state index contributed by atoms with van der Waals surface area (Å²) in [6, 6.07) is 17.4. The number of hydrogen-bond donors (Lipinski definition) is 2. The summed E-state index contributed by atoms with van der Waals surface area (Å²) in [4.78, 5) is 12.3. The van der Waals surface area contributed by atoms with E-state index in [1.165, 1.54) is 23.0 Å². The van der Waals surface area contributed by atoms with E-state index in [4.69, 9.17) is 0 Å². The van der Waals surface area contributed by atoms with Gasteiger partial charge in [0.25, 0.3) is 5.91 Å². The highest BCUT2D eigenvalue weighted by molar-refractivity contribution is 9.11. The van der Waals surface area contributed by atoms with E-state index in [2.05, 4.69) is 65.2 Å². The minimum absolute atomic E-state index is 0.0449. The van der Waals surface area contributed by atoms with Crippen molar-refractivity contribution in [2.24, 2.45) is 12.1 Å². The number of fused-ring (bicyclic) bond motifs is 3. The second-order valence-corrected chi connectivity index (χ2v) is 8.05. The number of benzene rings is 3. The number of halogens is 2. The molecule has 0 radical (unpaired) electrons. The van der Waals surface area contributed by atoms with Gasteiger partial charge in [-0.15, -0.1) is 0 Å². The van der Waals surface area contributed by atoms with E-state index < -0.39 is 0 Å². The summed E-state index contributed by atoms with van der Waals surface area (Å²) in [5, 5.41) is 16.1. The number of rotatable bonds is 3. The molecule has 4 aromatic rings. The van der Waals surface area contributed by atoms with E-state index in [9.17, 15) is 9.90 Å². The molecule has 0 saturated heterocycles. The number of aromatic hydroxyl groups is 1. The molecule has 3 aromatic carbocycles. The van der Waals surface area contributed by atoms with Gasteiger partial charge >= 0.3 is 0 Å². The minimum Gasteiger partial charge on any atom is -0.506 e. The monoisotopic (exact) mass is 499 g/mol. The van der Waals surface area contributed by atoms with Gasteiger partial charge in [0.1, 0.15) is 5.75 Å². The fourth-order valence-electron chi connectivity index (χ4n) is 3.19. The Balaban J connectivity index is 1.59. The maximum atomic E-state index is 12.3. The zero-order chi connectivity index (χ0) is 19.8. The Hall–Kier alpha value is -2.64. The van der Waals surface area contributed by atoms with E-state index in [-0.39, 0.29) is 11.7 Å². The van der Waals surface area contributed by atoms with Crippen LogP contribution in [0.5, 0.6) is 5.75 Å². The fourth-order valence-corrected chi connectivity index (χ4v) is 4.38. The molecule has 5 nitrogen and oxygen atoms in total. The second kappa shape index (κ2) is 7.41. The first-order chi connectivity index (χ1) is 13.5. The normalized spacial score (nSPS) is 11.5. The Morgan fingerprint density at radius 1 is 1.04 bits per heavy atom. The van der Waals surface area contributed by atoms with Crippen LogP contribution in [0.4, 0.5) is 0 Å². The fraction of sp³-hybridized carbons (Fsp3) is 0.0476. The van der Waals surface area contributed by atoms with Gasteiger partial charge in [0.2, 0.25) is 0 Å². The molecular formula is C21H15Br2N3O2. The number of aryl methyl sites for hydroxylation is 1. The number of phenols is 1. The molecule has 1 heterocycles. The van der Waals surface area contributed by atoms with E-state index >= 15 is 0 Å². The molecule has 4 rings (SSSR count). The van der Waals surface area contributed by atoms with Crippen LogP contribution < -0.4 is 5.43 Å². The van der Waals surface area contributed by atoms with Crippen LogP contribution in [0.25, 0.3) is 21.8 Å². The first-order valence-electron chi connectivity index (χ1n) is 8.44. The van der Waals surface area contributed by atoms with Crippen molar-refractivity contribution in [1.29, 1.82) is 0 Å². The van der Waals surface area contributed by atoms with Crippen LogP contribution in [0.2, 0.25) is 0 Å². The molecule has 140 valence electrons. The predicted octanol–water partition coefficient (Wildman–Crippen LogP) is 5.33. The molecule has 0 fully saturated rings. The Bertz CT molecular complexity index is 1240. The number of carbonyl (C=O) groups excluding carboxylic acids is 1. The third-order valence-electron chi connectivity index (χ3n) is 4.60. The maximum Gasteiger partial charge on any atom is 0.271 e. The van der Waals surface area contributed by atoms with Gasteiger partial charge in [0.05, 0.1) is 15.2 Å². The zero-order valence-electron chi connectivity index (χ0n) is 14.8. The van der Waals surface area contributed by atoms with Crippen LogP contribution in [-0.2, 0) is 7.05 Å². The van der Waals surface area contributed by atoms with Crippen molar-refractivity contribution >= 4 is 65.8 Å². The minimum atomic E-state index is -0.371. The summed E-state index contributed by atoms with van der Waals surface area (Å²) in [7, 11) is 2.05. The van der Waals surface area contributed by atoms with Crippen LogP contribution in [-0.4, -0.2) is 21.8 Å². The van der Waals surface area contributed by atoms with Crippen molar-refractivity contribution in [3.63, 3.8) is 0 Å². The van der Waals surface area contributed by atoms with Gasteiger partial charge in [-0.1, -0.05) is 24.3 Å². The van der Waals surface area contributed by atoms with Crippen molar-refractivity contribution < 1.29 is 9.90 Å².